The minimum absolute atomic E-state index is 0.00965. The van der Waals surface area contributed by atoms with E-state index in [0.717, 1.165) is 0 Å². The molecule has 2 unspecified atom stereocenters. The van der Waals surface area contributed by atoms with Gasteiger partial charge in [0.1, 0.15) is 0 Å². The molecule has 0 saturated heterocycles. The molecule has 1 rings (SSSR count). The molecular formula is C14H19NO4. The minimum atomic E-state index is -1.28. The smallest absolute Gasteiger partial charge is 0.308 e. The van der Waals surface area contributed by atoms with Gasteiger partial charge in [-0.3, -0.25) is 9.59 Å². The van der Waals surface area contributed by atoms with Gasteiger partial charge in [0, 0.05) is 6.54 Å². The predicted molar refractivity (Wildman–Crippen MR) is 70.4 cm³/mol. The van der Waals surface area contributed by atoms with E-state index in [2.05, 4.69) is 5.32 Å². The van der Waals surface area contributed by atoms with Crippen LogP contribution in [-0.4, -0.2) is 28.6 Å². The van der Waals surface area contributed by atoms with Gasteiger partial charge in [-0.25, -0.2) is 0 Å². The molecule has 0 aliphatic carbocycles. The molecule has 0 spiro atoms. The van der Waals surface area contributed by atoms with Crippen molar-refractivity contribution >= 4 is 11.9 Å². The zero-order chi connectivity index (χ0) is 14.4. The SMILES string of the molecule is CC(C)C(CNC(=O)C(O)c1ccccc1)C(=O)O. The molecule has 0 aromatic heterocycles. The summed E-state index contributed by atoms with van der Waals surface area (Å²) >= 11 is 0. The quantitative estimate of drug-likeness (QED) is 0.721. The van der Waals surface area contributed by atoms with Crippen molar-refractivity contribution in [2.24, 2.45) is 11.8 Å². The van der Waals surface area contributed by atoms with Crippen molar-refractivity contribution in [1.82, 2.24) is 5.32 Å². The van der Waals surface area contributed by atoms with Crippen molar-refractivity contribution in [1.29, 1.82) is 0 Å². The molecule has 1 aromatic rings. The van der Waals surface area contributed by atoms with E-state index < -0.39 is 23.9 Å². The van der Waals surface area contributed by atoms with Crippen molar-refractivity contribution < 1.29 is 19.8 Å². The molecule has 104 valence electrons. The monoisotopic (exact) mass is 265 g/mol. The highest BCUT2D eigenvalue weighted by Gasteiger charge is 2.24. The Balaban J connectivity index is 2.58. The van der Waals surface area contributed by atoms with Crippen LogP contribution in [0.3, 0.4) is 0 Å². The maximum Gasteiger partial charge on any atom is 0.308 e. The zero-order valence-electron chi connectivity index (χ0n) is 11.0. The van der Waals surface area contributed by atoms with Crippen molar-refractivity contribution in [3.8, 4) is 0 Å². The lowest BCUT2D eigenvalue weighted by atomic mass is 9.96. The van der Waals surface area contributed by atoms with Crippen LogP contribution in [0.5, 0.6) is 0 Å². The summed E-state index contributed by atoms with van der Waals surface area (Å²) in [7, 11) is 0. The second-order valence-electron chi connectivity index (χ2n) is 4.75. The molecule has 0 aliphatic heterocycles. The molecule has 0 fully saturated rings. The van der Waals surface area contributed by atoms with E-state index in [1.165, 1.54) is 0 Å². The normalized spacial score (nSPS) is 13.9. The summed E-state index contributed by atoms with van der Waals surface area (Å²) < 4.78 is 0. The third kappa shape index (κ3) is 4.37. The number of benzene rings is 1. The zero-order valence-corrected chi connectivity index (χ0v) is 11.0. The number of aliphatic carboxylic acids is 1. The summed E-state index contributed by atoms with van der Waals surface area (Å²) in [6.07, 6.45) is -1.28. The highest BCUT2D eigenvalue weighted by atomic mass is 16.4. The molecule has 5 heteroatoms. The highest BCUT2D eigenvalue weighted by Crippen LogP contribution is 2.13. The van der Waals surface area contributed by atoms with E-state index in [1.54, 1.807) is 44.2 Å². The molecule has 3 N–H and O–H groups in total. The Morgan fingerprint density at radius 2 is 1.79 bits per heavy atom. The van der Waals surface area contributed by atoms with Crippen LogP contribution in [0.1, 0.15) is 25.5 Å². The van der Waals surface area contributed by atoms with Crippen molar-refractivity contribution in [2.75, 3.05) is 6.54 Å². The number of rotatable bonds is 6. The van der Waals surface area contributed by atoms with Crippen LogP contribution in [0.15, 0.2) is 30.3 Å². The Kier molecular flexibility index (Phi) is 5.51. The lowest BCUT2D eigenvalue weighted by Gasteiger charge is -2.18. The van der Waals surface area contributed by atoms with Gasteiger partial charge in [0.25, 0.3) is 5.91 Å². The summed E-state index contributed by atoms with van der Waals surface area (Å²) in [6, 6.07) is 8.51. The second kappa shape index (κ2) is 6.89. The van der Waals surface area contributed by atoms with Gasteiger partial charge in [0.05, 0.1) is 5.92 Å². The molecular weight excluding hydrogens is 246 g/mol. The van der Waals surface area contributed by atoms with Crippen molar-refractivity contribution in [3.05, 3.63) is 35.9 Å². The van der Waals surface area contributed by atoms with Crippen LogP contribution in [0.2, 0.25) is 0 Å². The number of aliphatic hydroxyl groups is 1. The molecule has 0 radical (unpaired) electrons. The minimum Gasteiger partial charge on any atom is -0.481 e. The Bertz CT molecular complexity index is 430. The van der Waals surface area contributed by atoms with Crippen LogP contribution < -0.4 is 5.32 Å². The van der Waals surface area contributed by atoms with Crippen molar-refractivity contribution in [3.63, 3.8) is 0 Å². The topological polar surface area (TPSA) is 86.6 Å². The molecule has 1 amide bonds. The van der Waals surface area contributed by atoms with E-state index in [-0.39, 0.29) is 12.5 Å². The second-order valence-corrected chi connectivity index (χ2v) is 4.75. The lowest BCUT2D eigenvalue weighted by molar-refractivity contribution is -0.143. The van der Waals surface area contributed by atoms with Crippen LogP contribution >= 0.6 is 0 Å². The van der Waals surface area contributed by atoms with Crippen molar-refractivity contribution in [2.45, 2.75) is 20.0 Å². The van der Waals surface area contributed by atoms with Gasteiger partial charge in [-0.2, -0.15) is 0 Å². The first-order valence-electron chi connectivity index (χ1n) is 6.17. The standard InChI is InChI=1S/C14H19NO4/c1-9(2)11(14(18)19)8-15-13(17)12(16)10-6-4-3-5-7-10/h3-7,9,11-12,16H,8H2,1-2H3,(H,15,17)(H,18,19). The molecule has 0 saturated carbocycles. The first-order chi connectivity index (χ1) is 8.93. The molecule has 1 aromatic carbocycles. The fourth-order valence-corrected chi connectivity index (χ4v) is 1.70. The lowest BCUT2D eigenvalue weighted by Crippen LogP contribution is -2.37. The third-order valence-corrected chi connectivity index (χ3v) is 2.98. The first kappa shape index (κ1) is 15.2. The number of carboxylic acids is 1. The third-order valence-electron chi connectivity index (χ3n) is 2.98. The Morgan fingerprint density at radius 3 is 2.26 bits per heavy atom. The number of nitrogens with one attached hydrogen (secondary N) is 1. The van der Waals surface area contributed by atoms with E-state index in [9.17, 15) is 14.7 Å². The Hall–Kier alpha value is -1.88. The largest absolute Gasteiger partial charge is 0.481 e. The van der Waals surface area contributed by atoms with Crippen LogP contribution in [0.25, 0.3) is 0 Å². The summed E-state index contributed by atoms with van der Waals surface area (Å²) in [5.74, 6) is -2.29. The van der Waals surface area contributed by atoms with Gasteiger partial charge < -0.3 is 15.5 Å². The number of carbonyl (C=O) groups is 2. The Morgan fingerprint density at radius 1 is 1.21 bits per heavy atom. The fourth-order valence-electron chi connectivity index (χ4n) is 1.70. The molecule has 2 atom stereocenters. The first-order valence-corrected chi connectivity index (χ1v) is 6.17. The van der Waals surface area contributed by atoms with E-state index >= 15 is 0 Å². The van der Waals surface area contributed by atoms with Gasteiger partial charge in [-0.15, -0.1) is 0 Å². The van der Waals surface area contributed by atoms with Gasteiger partial charge >= 0.3 is 5.97 Å². The van der Waals surface area contributed by atoms with Crippen LogP contribution in [-0.2, 0) is 9.59 Å². The van der Waals surface area contributed by atoms with Gasteiger partial charge in [-0.1, -0.05) is 44.2 Å². The van der Waals surface area contributed by atoms with Gasteiger partial charge in [-0.05, 0) is 11.5 Å². The number of aliphatic hydroxyl groups excluding tert-OH is 1. The van der Waals surface area contributed by atoms with Crippen LogP contribution in [0, 0.1) is 11.8 Å². The highest BCUT2D eigenvalue weighted by molar-refractivity contribution is 5.82. The van der Waals surface area contributed by atoms with Gasteiger partial charge in [0.15, 0.2) is 6.10 Å². The maximum atomic E-state index is 11.7. The number of hydrogen-bond acceptors (Lipinski definition) is 3. The molecule has 0 bridgehead atoms. The number of hydrogen-bond donors (Lipinski definition) is 3. The number of carbonyl (C=O) groups excluding carboxylic acids is 1. The predicted octanol–water partition coefficient (Wildman–Crippen LogP) is 1.19. The summed E-state index contributed by atoms with van der Waals surface area (Å²) in [5.41, 5.74) is 0.483. The number of carboxylic acid groups (broad SMARTS) is 1. The average molecular weight is 265 g/mol. The molecule has 0 heterocycles. The fraction of sp³-hybridized carbons (Fsp3) is 0.429. The molecule has 0 aliphatic rings. The van der Waals surface area contributed by atoms with E-state index in [0.29, 0.717) is 5.56 Å². The van der Waals surface area contributed by atoms with E-state index in [4.69, 9.17) is 5.11 Å². The average Bonchev–Trinajstić information content (AvgIpc) is 2.38. The maximum absolute atomic E-state index is 11.7. The summed E-state index contributed by atoms with van der Waals surface area (Å²) in [6.45, 7) is 3.56. The molecule has 19 heavy (non-hydrogen) atoms. The summed E-state index contributed by atoms with van der Waals surface area (Å²) in [5, 5.41) is 21.3. The molecule has 5 nitrogen and oxygen atoms in total. The number of amides is 1. The Labute approximate surface area is 112 Å². The summed E-state index contributed by atoms with van der Waals surface area (Å²) in [4.78, 5) is 22.7. The van der Waals surface area contributed by atoms with Gasteiger partial charge in [0.2, 0.25) is 0 Å². The van der Waals surface area contributed by atoms with Crippen LogP contribution in [0.4, 0.5) is 0 Å². The van der Waals surface area contributed by atoms with E-state index in [1.807, 2.05) is 0 Å².